The number of nitrogens with zero attached hydrogens (tertiary/aromatic N) is 5. The van der Waals surface area contributed by atoms with Crippen LogP contribution in [0.1, 0.15) is 47.3 Å². The van der Waals surface area contributed by atoms with Crippen molar-refractivity contribution in [2.24, 2.45) is 5.92 Å². The molecular formula is C28H25ClF3N7O2. The molecule has 0 saturated heterocycles. The van der Waals surface area contributed by atoms with Crippen molar-refractivity contribution >= 4 is 39.7 Å². The van der Waals surface area contributed by atoms with Gasteiger partial charge in [-0.05, 0) is 68.4 Å². The molecule has 2 N–H and O–H groups in total. The maximum atomic E-state index is 13.7. The molecule has 1 aliphatic carbocycles. The molecule has 1 aliphatic rings. The Morgan fingerprint density at radius 2 is 1.93 bits per heavy atom. The summed E-state index contributed by atoms with van der Waals surface area (Å²) in [5, 5.41) is 3.58. The lowest BCUT2D eigenvalue weighted by molar-refractivity contribution is -0.141. The van der Waals surface area contributed by atoms with Crippen LogP contribution in [-0.4, -0.2) is 41.0 Å². The minimum absolute atomic E-state index is 0.0510. The Morgan fingerprint density at radius 1 is 1.15 bits per heavy atom. The normalized spacial score (nSPS) is 17.8. The quantitative estimate of drug-likeness (QED) is 0.287. The van der Waals surface area contributed by atoms with Gasteiger partial charge in [-0.2, -0.15) is 13.2 Å². The first-order valence-corrected chi connectivity index (χ1v) is 13.5. The molecule has 0 radical (unpaired) electrons. The van der Waals surface area contributed by atoms with Crippen LogP contribution in [0.2, 0.25) is 5.02 Å². The van der Waals surface area contributed by atoms with Crippen LogP contribution in [0.15, 0.2) is 53.8 Å². The monoisotopic (exact) mass is 583 g/mol. The van der Waals surface area contributed by atoms with Crippen LogP contribution < -0.4 is 11.0 Å². The van der Waals surface area contributed by atoms with Crippen LogP contribution in [0.25, 0.3) is 27.9 Å². The van der Waals surface area contributed by atoms with Gasteiger partial charge in [-0.15, -0.1) is 0 Å². The van der Waals surface area contributed by atoms with Gasteiger partial charge in [0.15, 0.2) is 11.3 Å². The molecule has 0 bridgehead atoms. The molecule has 41 heavy (non-hydrogen) atoms. The Kier molecular flexibility index (Phi) is 6.80. The zero-order valence-electron chi connectivity index (χ0n) is 21.9. The zero-order valence-corrected chi connectivity index (χ0v) is 22.6. The largest absolute Gasteiger partial charge is 0.434 e. The molecule has 0 unspecified atom stereocenters. The molecule has 0 aromatic carbocycles. The number of alkyl halides is 3. The van der Waals surface area contributed by atoms with Gasteiger partial charge in [-0.25, -0.2) is 24.3 Å². The first-order valence-electron chi connectivity index (χ1n) is 13.1. The lowest BCUT2D eigenvalue weighted by Gasteiger charge is -2.29. The Balaban J connectivity index is 1.19. The Morgan fingerprint density at radius 3 is 2.68 bits per heavy atom. The van der Waals surface area contributed by atoms with E-state index in [2.05, 4.69) is 25.3 Å². The topological polar surface area (TPSA) is 110 Å². The van der Waals surface area contributed by atoms with E-state index in [1.807, 2.05) is 25.3 Å². The number of hydrogen-bond donors (Lipinski definition) is 2. The number of pyridine rings is 3. The number of carbonyl (C=O) groups is 1. The number of halogens is 4. The summed E-state index contributed by atoms with van der Waals surface area (Å²) in [5.41, 5.74) is 1.52. The molecule has 1 amide bonds. The lowest BCUT2D eigenvalue weighted by atomic mass is 9.85. The van der Waals surface area contributed by atoms with Crippen LogP contribution >= 0.6 is 11.6 Å². The second-order valence-electron chi connectivity index (χ2n) is 10.4. The van der Waals surface area contributed by atoms with Crippen molar-refractivity contribution in [3.8, 4) is 5.69 Å². The number of amides is 1. The highest BCUT2D eigenvalue weighted by Gasteiger charge is 2.38. The molecule has 1 saturated carbocycles. The molecule has 9 nitrogen and oxygen atoms in total. The molecule has 212 valence electrons. The maximum Gasteiger partial charge on any atom is 0.434 e. The number of aromatic amines is 1. The van der Waals surface area contributed by atoms with E-state index in [1.165, 1.54) is 0 Å². The van der Waals surface area contributed by atoms with Gasteiger partial charge in [0.05, 0.1) is 28.0 Å². The van der Waals surface area contributed by atoms with Crippen molar-refractivity contribution in [1.29, 1.82) is 0 Å². The Hall–Kier alpha value is -4.19. The predicted octanol–water partition coefficient (Wildman–Crippen LogP) is 5.43. The van der Waals surface area contributed by atoms with Crippen molar-refractivity contribution in [2.75, 3.05) is 0 Å². The number of H-pyrrole nitrogens is 1. The minimum atomic E-state index is -4.78. The van der Waals surface area contributed by atoms with Crippen LogP contribution in [0.5, 0.6) is 0 Å². The van der Waals surface area contributed by atoms with Gasteiger partial charge < -0.3 is 10.3 Å². The lowest BCUT2D eigenvalue weighted by Crippen LogP contribution is -2.39. The van der Waals surface area contributed by atoms with Crippen LogP contribution in [0.3, 0.4) is 0 Å². The summed E-state index contributed by atoms with van der Waals surface area (Å²) >= 11 is 5.82. The van der Waals surface area contributed by atoms with E-state index >= 15 is 0 Å². The van der Waals surface area contributed by atoms with E-state index in [4.69, 9.17) is 11.6 Å². The number of hydrogen-bond acceptors (Lipinski definition) is 5. The number of rotatable bonds is 5. The van der Waals surface area contributed by atoms with Gasteiger partial charge in [0.25, 0.3) is 5.91 Å². The van der Waals surface area contributed by atoms with Gasteiger partial charge in [-0.3, -0.25) is 9.36 Å². The summed E-state index contributed by atoms with van der Waals surface area (Å²) in [4.78, 5) is 41.9. The molecule has 0 atom stereocenters. The fourth-order valence-electron chi connectivity index (χ4n) is 5.59. The van der Waals surface area contributed by atoms with Crippen molar-refractivity contribution in [3.05, 3.63) is 81.4 Å². The average molecular weight is 584 g/mol. The minimum Gasteiger partial charge on any atom is -0.349 e. The van der Waals surface area contributed by atoms with Gasteiger partial charge in [0.1, 0.15) is 5.65 Å². The van der Waals surface area contributed by atoms with Gasteiger partial charge in [-0.1, -0.05) is 11.6 Å². The summed E-state index contributed by atoms with van der Waals surface area (Å²) in [6, 6.07) is 6.24. The van der Waals surface area contributed by atoms with Crippen LogP contribution in [0.4, 0.5) is 13.2 Å². The number of fused-ring (bicyclic) bond motifs is 2. The second-order valence-corrected chi connectivity index (χ2v) is 10.8. The molecule has 6 rings (SSSR count). The smallest absolute Gasteiger partial charge is 0.349 e. The van der Waals surface area contributed by atoms with E-state index in [0.717, 1.165) is 28.9 Å². The molecule has 0 spiro atoms. The van der Waals surface area contributed by atoms with Crippen molar-refractivity contribution in [3.63, 3.8) is 0 Å². The van der Waals surface area contributed by atoms with E-state index in [9.17, 15) is 22.8 Å². The van der Waals surface area contributed by atoms with Crippen molar-refractivity contribution in [2.45, 2.75) is 51.4 Å². The van der Waals surface area contributed by atoms with Crippen molar-refractivity contribution < 1.29 is 18.0 Å². The third kappa shape index (κ3) is 5.08. The fraction of sp³-hybridized carbons (Fsp3) is 0.321. The van der Waals surface area contributed by atoms with E-state index in [1.54, 1.807) is 27.6 Å². The fourth-order valence-corrected chi connectivity index (χ4v) is 5.75. The number of nitrogens with one attached hydrogen (secondary N) is 2. The molecule has 5 aromatic heterocycles. The molecular weight excluding hydrogens is 559 g/mol. The first kappa shape index (κ1) is 27.0. The molecule has 5 aromatic rings. The maximum absolute atomic E-state index is 13.7. The van der Waals surface area contributed by atoms with Gasteiger partial charge >= 0.3 is 11.9 Å². The summed E-state index contributed by atoms with van der Waals surface area (Å²) in [6.07, 6.45) is 3.73. The summed E-state index contributed by atoms with van der Waals surface area (Å²) < 4.78 is 43.4. The van der Waals surface area contributed by atoms with E-state index in [0.29, 0.717) is 49.1 Å². The number of carbonyl (C=O) groups excluding carboxylic acids is 1. The van der Waals surface area contributed by atoms with E-state index in [-0.39, 0.29) is 22.7 Å². The summed E-state index contributed by atoms with van der Waals surface area (Å²) in [6.45, 7) is 2.42. The molecule has 13 heteroatoms. The Bertz CT molecular complexity index is 1830. The van der Waals surface area contributed by atoms with Gasteiger partial charge in [0, 0.05) is 36.6 Å². The molecule has 1 fully saturated rings. The highest BCUT2D eigenvalue weighted by Crippen LogP contribution is 2.32. The van der Waals surface area contributed by atoms with E-state index < -0.39 is 23.3 Å². The zero-order chi connectivity index (χ0) is 28.9. The van der Waals surface area contributed by atoms with Crippen LogP contribution in [0, 0.1) is 12.8 Å². The van der Waals surface area contributed by atoms with Gasteiger partial charge in [0.2, 0.25) is 0 Å². The molecule has 0 aliphatic heterocycles. The summed E-state index contributed by atoms with van der Waals surface area (Å²) in [5.74, 6) is -0.726. The van der Waals surface area contributed by atoms with Crippen LogP contribution in [-0.2, 0) is 12.7 Å². The highest BCUT2D eigenvalue weighted by atomic mass is 35.5. The highest BCUT2D eigenvalue weighted by molar-refractivity contribution is 6.30. The standard InChI is InChI=1S/C28H25ClF3N7O2/c1-15-11-35-24-20(15)10-19(13-36-24)39-25-22(3-2-8-33-25)38(27(39)41)14-16-4-6-18(7-5-16)37-26(40)21-9-17(29)12-34-23(21)28(30,31)32/h2-3,8-13,16,18H,4-7,14H2,1H3,(H,35,36)(H,37,40). The number of aromatic nitrogens is 6. The summed E-state index contributed by atoms with van der Waals surface area (Å²) in [7, 11) is 0. The number of imidazole rings is 1. The van der Waals surface area contributed by atoms with Crippen molar-refractivity contribution in [1.82, 2.24) is 34.4 Å². The third-order valence-electron chi connectivity index (χ3n) is 7.66. The third-order valence-corrected chi connectivity index (χ3v) is 7.87. The second kappa shape index (κ2) is 10.3. The SMILES string of the molecule is Cc1c[nH]c2ncc(-n3c(=O)n(CC4CCC(NC(=O)c5cc(Cl)cnc5C(F)(F)F)CC4)c4cccnc43)cc12. The molecule has 5 heterocycles. The Labute approximate surface area is 236 Å². The number of aryl methyl sites for hydroxylation is 1. The first-order chi connectivity index (χ1) is 19.6. The predicted molar refractivity (Wildman–Crippen MR) is 147 cm³/mol. The average Bonchev–Trinajstić information content (AvgIpc) is 3.45.